The van der Waals surface area contributed by atoms with E-state index < -0.39 is 7.32 Å². The zero-order chi connectivity index (χ0) is 15.0. The van der Waals surface area contributed by atoms with Crippen LogP contribution in [0.2, 0.25) is 0 Å². The molecule has 3 nitrogen and oxygen atoms in total. The third-order valence-electron chi connectivity index (χ3n) is 2.93. The van der Waals surface area contributed by atoms with E-state index >= 15 is 0 Å². The van der Waals surface area contributed by atoms with Gasteiger partial charge in [0.2, 0.25) is 0 Å². The number of hydrogen-bond acceptors (Lipinski definition) is 3. The molecular formula is C18H15BBaO3. The third kappa shape index (κ3) is 6.01. The summed E-state index contributed by atoms with van der Waals surface area (Å²) in [5.41, 5.74) is 0. The number of rotatable bonds is 6. The third-order valence-corrected chi connectivity index (χ3v) is 2.93. The Morgan fingerprint density at radius 2 is 0.696 bits per heavy atom. The predicted octanol–water partition coefficient (Wildman–Crippen LogP) is 3.83. The van der Waals surface area contributed by atoms with Crippen LogP contribution in [0, 0.1) is 0 Å². The summed E-state index contributed by atoms with van der Waals surface area (Å²) in [6.45, 7) is 0. The van der Waals surface area contributed by atoms with Crippen molar-refractivity contribution < 1.29 is 14.0 Å². The van der Waals surface area contributed by atoms with Crippen LogP contribution in [-0.4, -0.2) is 56.2 Å². The van der Waals surface area contributed by atoms with Crippen molar-refractivity contribution in [3.05, 3.63) is 91.0 Å². The van der Waals surface area contributed by atoms with Crippen LogP contribution in [0.5, 0.6) is 17.2 Å². The summed E-state index contributed by atoms with van der Waals surface area (Å²) in [6, 6.07) is 28.3. The minimum Gasteiger partial charge on any atom is -0.490 e. The fraction of sp³-hybridized carbons (Fsp3) is 0. The van der Waals surface area contributed by atoms with Gasteiger partial charge in [-0.3, -0.25) is 0 Å². The molecule has 0 aromatic heterocycles. The first-order valence-electron chi connectivity index (χ1n) is 7.05. The second kappa shape index (κ2) is 9.75. The van der Waals surface area contributed by atoms with E-state index in [9.17, 15) is 0 Å². The van der Waals surface area contributed by atoms with Gasteiger partial charge in [-0.05, 0) is 36.4 Å². The Morgan fingerprint density at radius 3 is 0.957 bits per heavy atom. The number of hydrogen-bond donors (Lipinski definition) is 0. The van der Waals surface area contributed by atoms with Crippen molar-refractivity contribution in [3.8, 4) is 17.2 Å². The van der Waals surface area contributed by atoms with E-state index in [2.05, 4.69) is 0 Å². The Kier molecular flexibility index (Phi) is 7.65. The Hall–Kier alpha value is -1.30. The first-order chi connectivity index (χ1) is 10.9. The molecule has 0 fully saturated rings. The van der Waals surface area contributed by atoms with Crippen LogP contribution in [0.25, 0.3) is 0 Å². The predicted molar refractivity (Wildman–Crippen MR) is 92.7 cm³/mol. The molecule has 110 valence electrons. The standard InChI is InChI=1S/C18H15BO3.Ba/c1-4-10-16(11-5-1)20-19(21-17-12-6-2-7-13-17)22-18-14-8-3-9-15-18;/h1-15H;. The molecule has 0 unspecified atom stereocenters. The molecule has 0 aliphatic rings. The second-order valence-electron chi connectivity index (χ2n) is 4.58. The Bertz CT molecular complexity index is 582. The van der Waals surface area contributed by atoms with E-state index in [4.69, 9.17) is 14.0 Å². The van der Waals surface area contributed by atoms with Gasteiger partial charge in [-0.15, -0.1) is 0 Å². The summed E-state index contributed by atoms with van der Waals surface area (Å²) in [7, 11) is -0.868. The maximum Gasteiger partial charge on any atom is 0.864 e. The monoisotopic (exact) mass is 428 g/mol. The summed E-state index contributed by atoms with van der Waals surface area (Å²) in [5, 5.41) is 0. The largest absolute Gasteiger partial charge is 0.864 e. The van der Waals surface area contributed by atoms with Crippen LogP contribution in [-0.2, 0) is 0 Å². The summed E-state index contributed by atoms with van der Waals surface area (Å²) >= 11 is 0. The molecule has 0 heterocycles. The van der Waals surface area contributed by atoms with Crippen molar-refractivity contribution >= 4 is 56.2 Å². The van der Waals surface area contributed by atoms with Gasteiger partial charge in [0.25, 0.3) is 0 Å². The molecule has 0 saturated heterocycles. The molecule has 0 N–H and O–H groups in total. The number of benzene rings is 3. The van der Waals surface area contributed by atoms with Crippen molar-refractivity contribution in [1.82, 2.24) is 0 Å². The van der Waals surface area contributed by atoms with Gasteiger partial charge >= 0.3 is 7.32 Å². The van der Waals surface area contributed by atoms with Crippen molar-refractivity contribution in [2.24, 2.45) is 0 Å². The van der Waals surface area contributed by atoms with Gasteiger partial charge < -0.3 is 14.0 Å². The molecule has 3 rings (SSSR count). The first kappa shape index (κ1) is 18.0. The minimum absolute atomic E-state index is 0. The fourth-order valence-electron chi connectivity index (χ4n) is 1.90. The molecular weight excluding hydrogens is 412 g/mol. The van der Waals surface area contributed by atoms with Crippen LogP contribution in [0.3, 0.4) is 0 Å². The van der Waals surface area contributed by atoms with Gasteiger partial charge in [0.05, 0.1) is 0 Å². The molecule has 0 aliphatic carbocycles. The molecule has 0 saturated carbocycles. The van der Waals surface area contributed by atoms with Crippen molar-refractivity contribution in [3.63, 3.8) is 0 Å². The molecule has 3 aromatic rings. The molecule has 3 aromatic carbocycles. The summed E-state index contributed by atoms with van der Waals surface area (Å²) in [4.78, 5) is 0. The Morgan fingerprint density at radius 1 is 0.435 bits per heavy atom. The maximum atomic E-state index is 5.78. The van der Waals surface area contributed by atoms with Crippen LogP contribution in [0.4, 0.5) is 0 Å². The van der Waals surface area contributed by atoms with E-state index in [0.717, 1.165) is 0 Å². The number of para-hydroxylation sites is 3. The van der Waals surface area contributed by atoms with Crippen molar-refractivity contribution in [2.75, 3.05) is 0 Å². The molecule has 23 heavy (non-hydrogen) atoms. The van der Waals surface area contributed by atoms with E-state index in [1.165, 1.54) is 0 Å². The zero-order valence-electron chi connectivity index (χ0n) is 12.7. The molecule has 0 amide bonds. The topological polar surface area (TPSA) is 27.7 Å². The smallest absolute Gasteiger partial charge is 0.490 e. The van der Waals surface area contributed by atoms with Gasteiger partial charge in [-0.25, -0.2) is 0 Å². The Balaban J connectivity index is 0.00000192. The summed E-state index contributed by atoms with van der Waals surface area (Å²) in [6.07, 6.45) is 0. The van der Waals surface area contributed by atoms with Gasteiger partial charge in [0.15, 0.2) is 0 Å². The van der Waals surface area contributed by atoms with E-state index in [0.29, 0.717) is 17.2 Å². The Labute approximate surface area is 176 Å². The molecule has 0 bridgehead atoms. The molecule has 0 aliphatic heterocycles. The van der Waals surface area contributed by atoms with Gasteiger partial charge in [0.1, 0.15) is 17.2 Å². The van der Waals surface area contributed by atoms with Crippen molar-refractivity contribution in [2.45, 2.75) is 0 Å². The van der Waals surface area contributed by atoms with E-state index in [1.54, 1.807) is 0 Å². The van der Waals surface area contributed by atoms with Crippen molar-refractivity contribution in [1.29, 1.82) is 0 Å². The zero-order valence-corrected chi connectivity index (χ0v) is 17.1. The van der Waals surface area contributed by atoms with Gasteiger partial charge in [-0.1, -0.05) is 54.6 Å². The molecule has 0 spiro atoms. The first-order valence-corrected chi connectivity index (χ1v) is 7.05. The van der Waals surface area contributed by atoms with Crippen LogP contribution < -0.4 is 14.0 Å². The molecule has 2 radical (unpaired) electrons. The molecule has 0 atom stereocenters. The van der Waals surface area contributed by atoms with Gasteiger partial charge in [0, 0.05) is 48.9 Å². The molecule has 5 heteroatoms. The summed E-state index contributed by atoms with van der Waals surface area (Å²) in [5.74, 6) is 2.04. The minimum atomic E-state index is -0.868. The fourth-order valence-corrected chi connectivity index (χ4v) is 1.90. The van der Waals surface area contributed by atoms with E-state index in [-0.39, 0.29) is 48.9 Å². The average molecular weight is 427 g/mol. The average Bonchev–Trinajstić information content (AvgIpc) is 2.57. The summed E-state index contributed by atoms with van der Waals surface area (Å²) < 4.78 is 17.3. The van der Waals surface area contributed by atoms with E-state index in [1.807, 2.05) is 91.0 Å². The second-order valence-corrected chi connectivity index (χ2v) is 4.58. The maximum absolute atomic E-state index is 5.78. The normalized spacial score (nSPS) is 9.39. The van der Waals surface area contributed by atoms with Crippen LogP contribution in [0.1, 0.15) is 0 Å². The van der Waals surface area contributed by atoms with Crippen LogP contribution in [0.15, 0.2) is 91.0 Å². The quantitative estimate of drug-likeness (QED) is 0.560. The van der Waals surface area contributed by atoms with Gasteiger partial charge in [-0.2, -0.15) is 0 Å². The van der Waals surface area contributed by atoms with Crippen LogP contribution >= 0.6 is 0 Å². The SMILES string of the molecule is [Ba].c1ccc(OB(Oc2ccccc2)Oc2ccccc2)cc1.